The minimum Gasteiger partial charge on any atom is -0.502 e. The first kappa shape index (κ1) is 17.0. The highest BCUT2D eigenvalue weighted by atomic mass is 35.5. The third-order valence-electron chi connectivity index (χ3n) is 4.09. The van der Waals surface area contributed by atoms with E-state index >= 15 is 0 Å². The molecule has 1 heterocycles. The van der Waals surface area contributed by atoms with Crippen LogP contribution in [-0.4, -0.2) is 22.1 Å². The number of hydrogen-bond acceptors (Lipinski definition) is 3. The molecule has 6 heteroatoms. The third kappa shape index (κ3) is 3.37. The van der Waals surface area contributed by atoms with Crippen molar-refractivity contribution in [1.82, 2.24) is 9.88 Å². The molecule has 0 saturated heterocycles. The fraction of sp³-hybridized carbons (Fsp3) is 0.158. The van der Waals surface area contributed by atoms with Gasteiger partial charge in [0.1, 0.15) is 0 Å². The molecule has 0 fully saturated rings. The number of hydrogen-bond donors (Lipinski definition) is 2. The van der Waals surface area contributed by atoms with Crippen molar-refractivity contribution in [3.05, 3.63) is 75.0 Å². The standard InChI is InChI=1S/C19H17ClN2O3/c1-22-15-8-3-2-7-14(15)16(17(23)19(22)25)18(24)21-10-9-12-5-4-6-13(20)11-12/h2-8,11,23H,9-10H2,1H3,(H,21,24). The van der Waals surface area contributed by atoms with E-state index in [0.29, 0.717) is 28.9 Å². The molecular weight excluding hydrogens is 340 g/mol. The zero-order valence-corrected chi connectivity index (χ0v) is 14.4. The van der Waals surface area contributed by atoms with E-state index in [1.807, 2.05) is 18.2 Å². The van der Waals surface area contributed by atoms with Crippen molar-refractivity contribution < 1.29 is 9.90 Å². The predicted octanol–water partition coefficient (Wildman–Crippen LogP) is 2.87. The maximum atomic E-state index is 12.6. The molecule has 0 aliphatic carbocycles. The van der Waals surface area contributed by atoms with Crippen LogP contribution in [0.3, 0.4) is 0 Å². The van der Waals surface area contributed by atoms with Crippen LogP contribution >= 0.6 is 11.6 Å². The number of carbonyl (C=O) groups is 1. The maximum absolute atomic E-state index is 12.6. The number of fused-ring (bicyclic) bond motifs is 1. The number of pyridine rings is 1. The molecule has 0 bridgehead atoms. The van der Waals surface area contributed by atoms with Crippen LogP contribution in [0.25, 0.3) is 10.9 Å². The molecule has 2 N–H and O–H groups in total. The molecule has 0 radical (unpaired) electrons. The van der Waals surface area contributed by atoms with E-state index in [1.165, 1.54) is 4.57 Å². The Kier molecular flexibility index (Phi) is 4.76. The Morgan fingerprint density at radius 2 is 1.96 bits per heavy atom. The molecule has 0 saturated carbocycles. The van der Waals surface area contributed by atoms with Gasteiger partial charge in [-0.25, -0.2) is 0 Å². The molecule has 5 nitrogen and oxygen atoms in total. The van der Waals surface area contributed by atoms with Crippen molar-refractivity contribution in [2.75, 3.05) is 6.54 Å². The van der Waals surface area contributed by atoms with Gasteiger partial charge in [-0.1, -0.05) is 41.9 Å². The first-order valence-electron chi connectivity index (χ1n) is 7.82. The average molecular weight is 357 g/mol. The molecule has 0 spiro atoms. The Labute approximate surface area is 149 Å². The van der Waals surface area contributed by atoms with E-state index in [-0.39, 0.29) is 5.56 Å². The second kappa shape index (κ2) is 6.99. The van der Waals surface area contributed by atoms with E-state index in [4.69, 9.17) is 11.6 Å². The number of amides is 1. The summed E-state index contributed by atoms with van der Waals surface area (Å²) in [6, 6.07) is 14.4. The van der Waals surface area contributed by atoms with Crippen LogP contribution in [0.15, 0.2) is 53.3 Å². The van der Waals surface area contributed by atoms with Crippen LogP contribution in [0.4, 0.5) is 0 Å². The number of aromatic nitrogens is 1. The van der Waals surface area contributed by atoms with Gasteiger partial charge in [-0.3, -0.25) is 9.59 Å². The fourth-order valence-corrected chi connectivity index (χ4v) is 3.02. The summed E-state index contributed by atoms with van der Waals surface area (Å²) < 4.78 is 1.33. The van der Waals surface area contributed by atoms with Gasteiger partial charge < -0.3 is 15.0 Å². The number of nitrogens with zero attached hydrogens (tertiary/aromatic N) is 1. The summed E-state index contributed by atoms with van der Waals surface area (Å²) in [5.41, 5.74) is 0.986. The molecule has 25 heavy (non-hydrogen) atoms. The molecular formula is C19H17ClN2O3. The van der Waals surface area contributed by atoms with Gasteiger partial charge in [0.25, 0.3) is 11.5 Å². The van der Waals surface area contributed by atoms with Gasteiger partial charge >= 0.3 is 0 Å². The highest BCUT2D eigenvalue weighted by molar-refractivity contribution is 6.30. The number of aryl methyl sites for hydroxylation is 1. The first-order valence-corrected chi connectivity index (χ1v) is 8.20. The third-order valence-corrected chi connectivity index (χ3v) is 4.33. The summed E-state index contributed by atoms with van der Waals surface area (Å²) in [5, 5.41) is 14.1. The molecule has 2 aromatic carbocycles. The van der Waals surface area contributed by atoms with Gasteiger partial charge in [0, 0.05) is 24.0 Å². The minimum absolute atomic E-state index is 0.00444. The number of rotatable bonds is 4. The maximum Gasteiger partial charge on any atom is 0.293 e. The molecule has 128 valence electrons. The molecule has 1 amide bonds. The summed E-state index contributed by atoms with van der Waals surface area (Å²) in [4.78, 5) is 24.7. The number of nitrogens with one attached hydrogen (secondary N) is 1. The van der Waals surface area contributed by atoms with Crippen molar-refractivity contribution in [1.29, 1.82) is 0 Å². The lowest BCUT2D eigenvalue weighted by atomic mass is 10.1. The monoisotopic (exact) mass is 356 g/mol. The van der Waals surface area contributed by atoms with Crippen LogP contribution in [0.5, 0.6) is 5.75 Å². The highest BCUT2D eigenvalue weighted by Crippen LogP contribution is 2.23. The van der Waals surface area contributed by atoms with E-state index in [0.717, 1.165) is 5.56 Å². The SMILES string of the molecule is Cn1c(=O)c(O)c(C(=O)NCCc2cccc(Cl)c2)c2ccccc21. The molecule has 0 unspecified atom stereocenters. The average Bonchev–Trinajstić information content (AvgIpc) is 2.60. The van der Waals surface area contributed by atoms with Crippen molar-refractivity contribution in [3.63, 3.8) is 0 Å². The van der Waals surface area contributed by atoms with Crippen molar-refractivity contribution in [2.24, 2.45) is 7.05 Å². The molecule has 0 aliphatic heterocycles. The van der Waals surface area contributed by atoms with E-state index in [2.05, 4.69) is 5.32 Å². The zero-order chi connectivity index (χ0) is 18.0. The second-order valence-electron chi connectivity index (χ2n) is 5.74. The summed E-state index contributed by atoms with van der Waals surface area (Å²) in [6.07, 6.45) is 0.593. The highest BCUT2D eigenvalue weighted by Gasteiger charge is 2.20. The van der Waals surface area contributed by atoms with Gasteiger partial charge in [-0.15, -0.1) is 0 Å². The predicted molar refractivity (Wildman–Crippen MR) is 98.3 cm³/mol. The van der Waals surface area contributed by atoms with Crippen LogP contribution in [-0.2, 0) is 13.5 Å². The van der Waals surface area contributed by atoms with E-state index < -0.39 is 17.2 Å². The van der Waals surface area contributed by atoms with Gasteiger partial charge in [0.2, 0.25) is 0 Å². The summed E-state index contributed by atoms with van der Waals surface area (Å²) in [5.74, 6) is -1.02. The van der Waals surface area contributed by atoms with Crippen LogP contribution < -0.4 is 10.9 Å². The number of aromatic hydroxyl groups is 1. The van der Waals surface area contributed by atoms with Gasteiger partial charge in [0.15, 0.2) is 5.75 Å². The van der Waals surface area contributed by atoms with E-state index in [1.54, 1.807) is 37.4 Å². The van der Waals surface area contributed by atoms with Gasteiger partial charge in [-0.2, -0.15) is 0 Å². The quantitative estimate of drug-likeness (QED) is 0.755. The summed E-state index contributed by atoms with van der Waals surface area (Å²) in [6.45, 7) is 0.363. The summed E-state index contributed by atoms with van der Waals surface area (Å²) in [7, 11) is 1.56. The minimum atomic E-state index is -0.598. The Hall–Kier alpha value is -2.79. The topological polar surface area (TPSA) is 71.3 Å². The lowest BCUT2D eigenvalue weighted by molar-refractivity contribution is 0.0953. The van der Waals surface area contributed by atoms with Crippen LogP contribution in [0, 0.1) is 0 Å². The lowest BCUT2D eigenvalue weighted by Crippen LogP contribution is -2.29. The van der Waals surface area contributed by atoms with Crippen LogP contribution in [0.2, 0.25) is 5.02 Å². The number of halogens is 1. The van der Waals surface area contributed by atoms with Crippen molar-refractivity contribution in [3.8, 4) is 5.75 Å². The smallest absolute Gasteiger partial charge is 0.293 e. The number of carbonyl (C=O) groups excluding carboxylic acids is 1. The molecule has 3 rings (SSSR count). The lowest BCUT2D eigenvalue weighted by Gasteiger charge is -2.12. The Bertz CT molecular complexity index is 1010. The van der Waals surface area contributed by atoms with Gasteiger partial charge in [-0.05, 0) is 30.2 Å². The van der Waals surface area contributed by atoms with E-state index in [9.17, 15) is 14.7 Å². The van der Waals surface area contributed by atoms with Crippen molar-refractivity contribution in [2.45, 2.75) is 6.42 Å². The zero-order valence-electron chi connectivity index (χ0n) is 13.6. The Balaban J connectivity index is 1.86. The molecule has 0 aliphatic rings. The molecule has 1 aromatic heterocycles. The van der Waals surface area contributed by atoms with Crippen LogP contribution in [0.1, 0.15) is 15.9 Å². The normalized spacial score (nSPS) is 10.8. The van der Waals surface area contributed by atoms with Gasteiger partial charge in [0.05, 0.1) is 11.1 Å². The number of para-hydroxylation sites is 1. The second-order valence-corrected chi connectivity index (χ2v) is 6.18. The van der Waals surface area contributed by atoms with Crippen molar-refractivity contribution >= 4 is 28.4 Å². The fourth-order valence-electron chi connectivity index (χ4n) is 2.81. The number of benzene rings is 2. The molecule has 3 aromatic rings. The first-order chi connectivity index (χ1) is 12.0. The molecule has 0 atom stereocenters. The Morgan fingerprint density at radius 3 is 2.72 bits per heavy atom. The largest absolute Gasteiger partial charge is 0.502 e. The summed E-state index contributed by atoms with van der Waals surface area (Å²) >= 11 is 5.94. The Morgan fingerprint density at radius 1 is 1.20 bits per heavy atom.